The van der Waals surface area contributed by atoms with Crippen LogP contribution in [0.15, 0.2) is 36.4 Å². The highest BCUT2D eigenvalue weighted by Gasteiger charge is 2.06. The third-order valence-corrected chi connectivity index (χ3v) is 3.30. The Kier molecular flexibility index (Phi) is 3.83. The van der Waals surface area contributed by atoms with E-state index in [4.69, 9.17) is 0 Å². The van der Waals surface area contributed by atoms with Gasteiger partial charge in [0, 0.05) is 6.54 Å². The molecule has 0 saturated carbocycles. The number of nitrogens with one attached hydrogen (secondary N) is 1. The Hall–Kier alpha value is -1.60. The fourth-order valence-electron chi connectivity index (χ4n) is 2.63. The van der Waals surface area contributed by atoms with E-state index in [1.54, 1.807) is 0 Å². The molecule has 94 valence electrons. The molecule has 0 unspecified atom stereocenters. The van der Waals surface area contributed by atoms with E-state index < -0.39 is 0 Å². The van der Waals surface area contributed by atoms with Gasteiger partial charge in [-0.3, -0.25) is 0 Å². The summed E-state index contributed by atoms with van der Waals surface area (Å²) < 4.78 is 0. The molecule has 2 rings (SSSR count). The maximum absolute atomic E-state index is 3.17. The molecular weight excluding hydrogens is 218 g/mol. The molecule has 0 radical (unpaired) electrons. The molecule has 0 atom stereocenters. The molecule has 0 bridgehead atoms. The zero-order valence-electron chi connectivity index (χ0n) is 11.7. The molecule has 2 aromatic carbocycles. The predicted octanol–water partition coefficient (Wildman–Crippen LogP) is 4.00. The molecule has 1 N–H and O–H groups in total. The maximum Gasteiger partial charge on any atom is 0.0202 e. The fourth-order valence-corrected chi connectivity index (χ4v) is 2.63. The fraction of sp³-hybridized carbons (Fsp3) is 0.294. The van der Waals surface area contributed by atoms with Crippen LogP contribution in [0.3, 0.4) is 0 Å². The molecule has 0 aliphatic carbocycles. The van der Waals surface area contributed by atoms with E-state index in [0.29, 0.717) is 0 Å². The second-order valence-electron chi connectivity index (χ2n) is 5.00. The summed E-state index contributed by atoms with van der Waals surface area (Å²) >= 11 is 0. The molecule has 0 heterocycles. The number of hydrogen-bond donors (Lipinski definition) is 1. The Labute approximate surface area is 110 Å². The van der Waals surface area contributed by atoms with Gasteiger partial charge in [-0.2, -0.15) is 0 Å². The van der Waals surface area contributed by atoms with Gasteiger partial charge in [0.25, 0.3) is 0 Å². The van der Waals surface area contributed by atoms with E-state index in [-0.39, 0.29) is 0 Å². The van der Waals surface area contributed by atoms with Gasteiger partial charge in [0.15, 0.2) is 0 Å². The SMILES string of the molecule is CNCc1ccc(-c2c(C)cc(C)cc2C)cc1. The Bertz CT molecular complexity index is 515. The van der Waals surface area contributed by atoms with Crippen molar-refractivity contribution >= 4 is 0 Å². The molecule has 0 aliphatic heterocycles. The van der Waals surface area contributed by atoms with Gasteiger partial charge >= 0.3 is 0 Å². The summed E-state index contributed by atoms with van der Waals surface area (Å²) in [6, 6.07) is 13.3. The number of hydrogen-bond acceptors (Lipinski definition) is 1. The smallest absolute Gasteiger partial charge is 0.0202 e. The third kappa shape index (κ3) is 2.62. The lowest BCUT2D eigenvalue weighted by Gasteiger charge is -2.12. The minimum atomic E-state index is 0.923. The van der Waals surface area contributed by atoms with Crippen LogP contribution < -0.4 is 5.32 Å². The molecule has 0 fully saturated rings. The quantitative estimate of drug-likeness (QED) is 0.853. The molecule has 0 spiro atoms. The Balaban J connectivity index is 2.42. The summed E-state index contributed by atoms with van der Waals surface area (Å²) in [6.45, 7) is 7.46. The van der Waals surface area contributed by atoms with Gasteiger partial charge in [-0.05, 0) is 55.6 Å². The van der Waals surface area contributed by atoms with E-state index in [2.05, 4.69) is 62.5 Å². The van der Waals surface area contributed by atoms with Gasteiger partial charge in [-0.25, -0.2) is 0 Å². The Morgan fingerprint density at radius 2 is 1.44 bits per heavy atom. The van der Waals surface area contributed by atoms with E-state index in [9.17, 15) is 0 Å². The Morgan fingerprint density at radius 1 is 0.889 bits per heavy atom. The first-order valence-corrected chi connectivity index (χ1v) is 6.43. The van der Waals surface area contributed by atoms with Crippen LogP contribution in [0.2, 0.25) is 0 Å². The summed E-state index contributed by atoms with van der Waals surface area (Å²) in [6.07, 6.45) is 0. The largest absolute Gasteiger partial charge is 0.316 e. The van der Waals surface area contributed by atoms with Gasteiger partial charge in [0.2, 0.25) is 0 Å². The molecule has 0 aromatic heterocycles. The standard InChI is InChI=1S/C17H21N/c1-12-9-13(2)17(14(3)10-12)16-7-5-15(6-8-16)11-18-4/h5-10,18H,11H2,1-4H3. The average Bonchev–Trinajstić information content (AvgIpc) is 2.30. The molecule has 0 saturated heterocycles. The van der Waals surface area contributed by atoms with Gasteiger partial charge < -0.3 is 5.32 Å². The second kappa shape index (κ2) is 5.36. The molecule has 18 heavy (non-hydrogen) atoms. The first-order chi connectivity index (χ1) is 8.61. The van der Waals surface area contributed by atoms with E-state index in [0.717, 1.165) is 6.54 Å². The van der Waals surface area contributed by atoms with E-state index >= 15 is 0 Å². The monoisotopic (exact) mass is 239 g/mol. The predicted molar refractivity (Wildman–Crippen MR) is 78.9 cm³/mol. The van der Waals surface area contributed by atoms with Crippen molar-refractivity contribution in [2.24, 2.45) is 0 Å². The van der Waals surface area contributed by atoms with Crippen molar-refractivity contribution in [2.75, 3.05) is 7.05 Å². The van der Waals surface area contributed by atoms with E-state index in [1.807, 2.05) is 7.05 Å². The second-order valence-corrected chi connectivity index (χ2v) is 5.00. The van der Waals surface area contributed by atoms with Crippen molar-refractivity contribution in [2.45, 2.75) is 27.3 Å². The van der Waals surface area contributed by atoms with Crippen LogP contribution in [-0.2, 0) is 6.54 Å². The van der Waals surface area contributed by atoms with Crippen molar-refractivity contribution in [3.63, 3.8) is 0 Å². The van der Waals surface area contributed by atoms with Crippen LogP contribution in [0.1, 0.15) is 22.3 Å². The Morgan fingerprint density at radius 3 is 1.94 bits per heavy atom. The summed E-state index contributed by atoms with van der Waals surface area (Å²) in [5, 5.41) is 3.17. The minimum Gasteiger partial charge on any atom is -0.316 e. The van der Waals surface area contributed by atoms with Crippen LogP contribution in [0.5, 0.6) is 0 Å². The van der Waals surface area contributed by atoms with Gasteiger partial charge in [-0.15, -0.1) is 0 Å². The maximum atomic E-state index is 3.17. The summed E-state index contributed by atoms with van der Waals surface area (Å²) in [5.74, 6) is 0. The molecule has 0 amide bonds. The highest BCUT2D eigenvalue weighted by atomic mass is 14.8. The van der Waals surface area contributed by atoms with Crippen LogP contribution >= 0.6 is 0 Å². The van der Waals surface area contributed by atoms with Crippen molar-refractivity contribution in [1.29, 1.82) is 0 Å². The minimum absolute atomic E-state index is 0.923. The van der Waals surface area contributed by atoms with Gasteiger partial charge in [-0.1, -0.05) is 42.0 Å². The van der Waals surface area contributed by atoms with Crippen LogP contribution in [0.25, 0.3) is 11.1 Å². The van der Waals surface area contributed by atoms with E-state index in [1.165, 1.54) is 33.4 Å². The van der Waals surface area contributed by atoms with Crippen LogP contribution in [0, 0.1) is 20.8 Å². The molecule has 2 aromatic rings. The highest BCUT2D eigenvalue weighted by Crippen LogP contribution is 2.28. The lowest BCUT2D eigenvalue weighted by molar-refractivity contribution is 0.818. The average molecular weight is 239 g/mol. The molecule has 1 nitrogen and oxygen atoms in total. The highest BCUT2D eigenvalue weighted by molar-refractivity contribution is 5.71. The third-order valence-electron chi connectivity index (χ3n) is 3.30. The van der Waals surface area contributed by atoms with Crippen molar-refractivity contribution in [3.8, 4) is 11.1 Å². The number of aryl methyl sites for hydroxylation is 3. The lowest BCUT2D eigenvalue weighted by Crippen LogP contribution is -2.04. The molecule has 1 heteroatoms. The summed E-state index contributed by atoms with van der Waals surface area (Å²) in [4.78, 5) is 0. The summed E-state index contributed by atoms with van der Waals surface area (Å²) in [7, 11) is 1.97. The van der Waals surface area contributed by atoms with Crippen LogP contribution in [-0.4, -0.2) is 7.05 Å². The zero-order chi connectivity index (χ0) is 13.1. The number of benzene rings is 2. The first kappa shape index (κ1) is 12.8. The lowest BCUT2D eigenvalue weighted by atomic mass is 9.93. The van der Waals surface area contributed by atoms with Gasteiger partial charge in [0.1, 0.15) is 0 Å². The van der Waals surface area contributed by atoms with Gasteiger partial charge in [0.05, 0.1) is 0 Å². The normalized spacial score (nSPS) is 10.7. The topological polar surface area (TPSA) is 12.0 Å². The van der Waals surface area contributed by atoms with Crippen molar-refractivity contribution < 1.29 is 0 Å². The first-order valence-electron chi connectivity index (χ1n) is 6.43. The van der Waals surface area contributed by atoms with Crippen molar-refractivity contribution in [1.82, 2.24) is 5.32 Å². The molecular formula is C17H21N. The van der Waals surface area contributed by atoms with Crippen LogP contribution in [0.4, 0.5) is 0 Å². The zero-order valence-corrected chi connectivity index (χ0v) is 11.7. The molecule has 0 aliphatic rings. The summed E-state index contributed by atoms with van der Waals surface area (Å²) in [5.41, 5.74) is 8.05. The number of rotatable bonds is 3. The van der Waals surface area contributed by atoms with Crippen molar-refractivity contribution in [3.05, 3.63) is 58.7 Å².